The highest BCUT2D eigenvalue weighted by Gasteiger charge is 2.22. The summed E-state index contributed by atoms with van der Waals surface area (Å²) in [6.07, 6.45) is 0.366. The zero-order chi connectivity index (χ0) is 30.0. The summed E-state index contributed by atoms with van der Waals surface area (Å²) in [6, 6.07) is 15.0. The molecule has 2 amide bonds. The second-order valence-electron chi connectivity index (χ2n) is 9.64. The number of carboxylic acid groups (broad SMARTS) is 2. The van der Waals surface area contributed by atoms with Gasteiger partial charge in [0.25, 0.3) is 5.91 Å². The average molecular weight is 571 g/mol. The fraction of sp³-hybridized carbons (Fsp3) is 0.172. The number of benzene rings is 3. The Morgan fingerprint density at radius 2 is 1.69 bits per heavy atom. The van der Waals surface area contributed by atoms with Gasteiger partial charge in [-0.2, -0.15) is 0 Å². The maximum Gasteiger partial charge on any atom is 0.341 e. The predicted molar refractivity (Wildman–Crippen MR) is 150 cm³/mol. The molecule has 0 fully saturated rings. The largest absolute Gasteiger partial charge is 0.482 e. The van der Waals surface area contributed by atoms with E-state index in [1.54, 1.807) is 48.5 Å². The van der Waals surface area contributed by atoms with E-state index in [2.05, 4.69) is 20.3 Å². The summed E-state index contributed by atoms with van der Waals surface area (Å²) >= 11 is 0. The molecule has 0 radical (unpaired) electrons. The number of nitrogens with two attached hydrogens (primary N) is 1. The molecule has 0 aliphatic heterocycles. The number of aryl methyl sites for hydroxylation is 1. The number of nitrogens with zero attached hydrogens (tertiary/aromatic N) is 3. The third kappa shape index (κ3) is 6.04. The monoisotopic (exact) mass is 570 g/mol. The summed E-state index contributed by atoms with van der Waals surface area (Å²) in [4.78, 5) is 59.5. The van der Waals surface area contributed by atoms with Crippen LogP contribution in [0.4, 0.5) is 0 Å². The first-order valence-corrected chi connectivity index (χ1v) is 12.8. The lowest BCUT2D eigenvalue weighted by atomic mass is 10.0. The van der Waals surface area contributed by atoms with Crippen LogP contribution >= 0.6 is 0 Å². The van der Waals surface area contributed by atoms with Crippen LogP contribution in [0.15, 0.2) is 60.7 Å². The van der Waals surface area contributed by atoms with E-state index in [4.69, 9.17) is 15.6 Å². The van der Waals surface area contributed by atoms with Crippen LogP contribution in [0.25, 0.3) is 22.1 Å². The van der Waals surface area contributed by atoms with Gasteiger partial charge in [0.15, 0.2) is 6.61 Å². The van der Waals surface area contributed by atoms with Crippen molar-refractivity contribution in [2.75, 3.05) is 6.61 Å². The van der Waals surface area contributed by atoms with E-state index >= 15 is 0 Å². The number of H-pyrrole nitrogens is 1. The smallest absolute Gasteiger partial charge is 0.341 e. The number of ether oxygens (including phenoxy) is 1. The third-order valence-corrected chi connectivity index (χ3v) is 6.71. The van der Waals surface area contributed by atoms with Gasteiger partial charge in [-0.05, 0) is 54.1 Å². The zero-order valence-corrected chi connectivity index (χ0v) is 22.3. The Morgan fingerprint density at radius 3 is 2.38 bits per heavy atom. The molecule has 0 saturated heterocycles. The number of rotatable bonds is 11. The van der Waals surface area contributed by atoms with E-state index in [-0.39, 0.29) is 12.0 Å². The van der Waals surface area contributed by atoms with Gasteiger partial charge in [0.05, 0.1) is 28.5 Å². The number of hydrogen-bond donors (Lipinski definition) is 5. The number of carbonyl (C=O) groups is 4. The standard InChI is InChI=1S/C29H26N6O7/c1-35-23-12-17(28(39)34-22(29(40)41)10-15-2-6-18(7-3-15)42-14-26(36)37)5-9-20(23)33-25(35)13-24-31-19-8-4-16(27(30)38)11-21(19)32-24/h2-9,11-12,22H,10,13-14H2,1H3,(H2,30,38)(H,31,32)(H,34,39)(H,36,37)(H,40,41)/t22-/m0/s1. The van der Waals surface area contributed by atoms with Gasteiger partial charge >= 0.3 is 11.9 Å². The Morgan fingerprint density at radius 1 is 0.976 bits per heavy atom. The highest BCUT2D eigenvalue weighted by molar-refractivity contribution is 5.99. The van der Waals surface area contributed by atoms with Crippen molar-refractivity contribution < 1.29 is 34.1 Å². The predicted octanol–water partition coefficient (Wildman–Crippen LogP) is 2.03. The fourth-order valence-electron chi connectivity index (χ4n) is 4.53. The van der Waals surface area contributed by atoms with E-state index < -0.39 is 36.4 Å². The number of hydrogen-bond acceptors (Lipinski definition) is 7. The number of fused-ring (bicyclic) bond motifs is 2. The SMILES string of the molecule is Cn1c(Cc2nc3ccc(C(N)=O)cc3[nH]2)nc2ccc(C(=O)N[C@@H](Cc3ccc(OCC(=O)O)cc3)C(=O)O)cc21. The summed E-state index contributed by atoms with van der Waals surface area (Å²) in [7, 11) is 1.81. The van der Waals surface area contributed by atoms with Crippen LogP contribution in [-0.2, 0) is 29.5 Å². The second kappa shape index (κ2) is 11.4. The highest BCUT2D eigenvalue weighted by atomic mass is 16.5. The molecule has 2 heterocycles. The molecule has 5 rings (SSSR count). The average Bonchev–Trinajstić information content (AvgIpc) is 3.51. The van der Waals surface area contributed by atoms with Crippen LogP contribution in [0, 0.1) is 0 Å². The number of nitrogens with one attached hydrogen (secondary N) is 2. The van der Waals surface area contributed by atoms with Crippen molar-refractivity contribution >= 4 is 45.8 Å². The lowest BCUT2D eigenvalue weighted by Crippen LogP contribution is -2.42. The van der Waals surface area contributed by atoms with E-state index in [0.29, 0.717) is 57.0 Å². The van der Waals surface area contributed by atoms with Crippen molar-refractivity contribution in [3.05, 3.63) is 89.0 Å². The summed E-state index contributed by atoms with van der Waals surface area (Å²) in [6.45, 7) is -0.491. The Hall–Kier alpha value is -5.72. The van der Waals surface area contributed by atoms with Crippen molar-refractivity contribution in [3.8, 4) is 5.75 Å². The molecule has 42 heavy (non-hydrogen) atoms. The highest BCUT2D eigenvalue weighted by Crippen LogP contribution is 2.21. The molecule has 0 unspecified atom stereocenters. The number of aromatic nitrogens is 4. The molecule has 0 saturated carbocycles. The van der Waals surface area contributed by atoms with E-state index in [0.717, 1.165) is 0 Å². The zero-order valence-electron chi connectivity index (χ0n) is 22.3. The molecule has 5 aromatic rings. The number of carbonyl (C=O) groups excluding carboxylic acids is 2. The van der Waals surface area contributed by atoms with Gasteiger partial charge in [-0.3, -0.25) is 9.59 Å². The van der Waals surface area contributed by atoms with E-state index in [9.17, 15) is 24.3 Å². The minimum Gasteiger partial charge on any atom is -0.482 e. The van der Waals surface area contributed by atoms with Gasteiger partial charge in [-0.15, -0.1) is 0 Å². The van der Waals surface area contributed by atoms with Crippen molar-refractivity contribution in [2.24, 2.45) is 12.8 Å². The molecule has 2 aromatic heterocycles. The van der Waals surface area contributed by atoms with Crippen LogP contribution in [0.5, 0.6) is 5.75 Å². The van der Waals surface area contributed by atoms with Gasteiger partial charge in [-0.25, -0.2) is 19.6 Å². The summed E-state index contributed by atoms with van der Waals surface area (Å²) in [5.74, 6) is -1.76. The number of amides is 2. The lowest BCUT2D eigenvalue weighted by molar-refractivity contribution is -0.140. The van der Waals surface area contributed by atoms with Gasteiger partial charge in [-0.1, -0.05) is 12.1 Å². The number of aromatic amines is 1. The maximum atomic E-state index is 13.1. The molecule has 13 nitrogen and oxygen atoms in total. The van der Waals surface area contributed by atoms with E-state index in [1.807, 2.05) is 11.6 Å². The molecule has 6 N–H and O–H groups in total. The van der Waals surface area contributed by atoms with Crippen molar-refractivity contribution in [2.45, 2.75) is 18.9 Å². The van der Waals surface area contributed by atoms with Gasteiger partial charge in [0, 0.05) is 24.6 Å². The van der Waals surface area contributed by atoms with Crippen LogP contribution in [0.1, 0.15) is 37.9 Å². The van der Waals surface area contributed by atoms with Gasteiger partial charge < -0.3 is 35.6 Å². The topological polar surface area (TPSA) is 203 Å². The van der Waals surface area contributed by atoms with Crippen LogP contribution in [-0.4, -0.2) is 66.1 Å². The summed E-state index contributed by atoms with van der Waals surface area (Å²) in [5.41, 5.74) is 9.31. The van der Waals surface area contributed by atoms with Gasteiger partial charge in [0.1, 0.15) is 23.4 Å². The minimum absolute atomic E-state index is 0.0107. The number of primary amides is 1. The van der Waals surface area contributed by atoms with Crippen molar-refractivity contribution in [3.63, 3.8) is 0 Å². The normalized spacial score (nSPS) is 11.8. The third-order valence-electron chi connectivity index (χ3n) is 6.71. The fourth-order valence-corrected chi connectivity index (χ4v) is 4.53. The number of carboxylic acids is 2. The summed E-state index contributed by atoms with van der Waals surface area (Å²) < 4.78 is 6.92. The first-order valence-electron chi connectivity index (χ1n) is 12.8. The molecule has 214 valence electrons. The first-order chi connectivity index (χ1) is 20.1. The van der Waals surface area contributed by atoms with Crippen LogP contribution in [0.2, 0.25) is 0 Å². The quantitative estimate of drug-likeness (QED) is 0.157. The van der Waals surface area contributed by atoms with Crippen LogP contribution in [0.3, 0.4) is 0 Å². The number of aliphatic carboxylic acids is 2. The lowest BCUT2D eigenvalue weighted by Gasteiger charge is -2.15. The second-order valence-corrected chi connectivity index (χ2v) is 9.64. The Kier molecular flexibility index (Phi) is 7.56. The molecule has 0 aliphatic carbocycles. The van der Waals surface area contributed by atoms with Crippen molar-refractivity contribution in [1.29, 1.82) is 0 Å². The molecule has 0 bridgehead atoms. The Balaban J connectivity index is 1.30. The minimum atomic E-state index is -1.20. The molecular formula is C29H26N6O7. The molecule has 0 spiro atoms. The maximum absolute atomic E-state index is 13.1. The molecular weight excluding hydrogens is 544 g/mol. The molecule has 13 heteroatoms. The first kappa shape index (κ1) is 27.8. The van der Waals surface area contributed by atoms with Crippen molar-refractivity contribution in [1.82, 2.24) is 24.8 Å². The van der Waals surface area contributed by atoms with Gasteiger partial charge in [0.2, 0.25) is 5.91 Å². The molecule has 1 atom stereocenters. The number of imidazole rings is 2. The van der Waals surface area contributed by atoms with E-state index in [1.165, 1.54) is 12.1 Å². The Labute approximate surface area is 237 Å². The molecule has 3 aromatic carbocycles. The molecule has 0 aliphatic rings. The summed E-state index contributed by atoms with van der Waals surface area (Å²) in [5, 5.41) is 21.0. The van der Waals surface area contributed by atoms with Crippen LogP contribution < -0.4 is 15.8 Å². The Bertz CT molecular complexity index is 1840.